The molecule has 0 unspecified atom stereocenters. The predicted octanol–water partition coefficient (Wildman–Crippen LogP) is 4.30. The number of hydrogen-bond donors (Lipinski definition) is 1. The number of carbonyl (C=O) groups excluding carboxylic acids is 3. The van der Waals surface area contributed by atoms with E-state index in [0.717, 1.165) is 6.42 Å². The predicted molar refractivity (Wildman–Crippen MR) is 117 cm³/mol. The molecule has 1 saturated carbocycles. The van der Waals surface area contributed by atoms with Crippen molar-refractivity contribution in [2.24, 2.45) is 23.7 Å². The summed E-state index contributed by atoms with van der Waals surface area (Å²) in [5, 5.41) is 3.25. The van der Waals surface area contributed by atoms with Gasteiger partial charge in [0, 0.05) is 10.6 Å². The molecule has 3 amide bonds. The number of amides is 3. The maximum absolute atomic E-state index is 13.1. The molecule has 158 valence electrons. The molecule has 31 heavy (non-hydrogen) atoms. The van der Waals surface area contributed by atoms with Crippen LogP contribution in [0.2, 0.25) is 5.02 Å². The summed E-state index contributed by atoms with van der Waals surface area (Å²) in [5.41, 5.74) is 2.57. The van der Waals surface area contributed by atoms with Crippen LogP contribution in [-0.4, -0.2) is 24.8 Å². The Morgan fingerprint density at radius 1 is 1.10 bits per heavy atom. The number of rotatable bonds is 4. The van der Waals surface area contributed by atoms with Gasteiger partial charge in [0.25, 0.3) is 5.91 Å². The lowest BCUT2D eigenvalue weighted by Crippen LogP contribution is -2.33. The van der Waals surface area contributed by atoms with E-state index in [1.54, 1.807) is 42.5 Å². The third-order valence-corrected chi connectivity index (χ3v) is 6.91. The van der Waals surface area contributed by atoms with Gasteiger partial charge < -0.3 is 10.1 Å². The van der Waals surface area contributed by atoms with E-state index < -0.39 is 0 Å². The molecule has 2 aromatic carbocycles. The minimum absolute atomic E-state index is 0.129. The van der Waals surface area contributed by atoms with Crippen molar-refractivity contribution in [1.82, 2.24) is 0 Å². The van der Waals surface area contributed by atoms with E-state index in [0.29, 0.717) is 27.7 Å². The first-order valence-electron chi connectivity index (χ1n) is 10.2. The van der Waals surface area contributed by atoms with Gasteiger partial charge in [-0.1, -0.05) is 23.3 Å². The fourth-order valence-corrected chi connectivity index (χ4v) is 5.44. The molecule has 0 spiro atoms. The first-order chi connectivity index (χ1) is 14.9. The van der Waals surface area contributed by atoms with Gasteiger partial charge >= 0.3 is 0 Å². The minimum atomic E-state index is -0.346. The smallest absolute Gasteiger partial charge is 0.255 e. The number of methoxy groups -OCH3 is 1. The highest BCUT2D eigenvalue weighted by molar-refractivity contribution is 6.31. The molecule has 0 aromatic heterocycles. The molecule has 2 aromatic rings. The van der Waals surface area contributed by atoms with E-state index in [-0.39, 0.29) is 41.4 Å². The number of halogens is 1. The summed E-state index contributed by atoms with van der Waals surface area (Å²) in [6.07, 6.45) is 3.05. The number of nitrogens with one attached hydrogen (secondary N) is 1. The number of imide groups is 1. The number of ether oxygens (including phenoxy) is 1. The van der Waals surface area contributed by atoms with Crippen molar-refractivity contribution < 1.29 is 19.1 Å². The van der Waals surface area contributed by atoms with Gasteiger partial charge in [-0.3, -0.25) is 19.3 Å². The molecule has 5 rings (SSSR count). The molecule has 1 N–H and O–H groups in total. The van der Waals surface area contributed by atoms with Crippen molar-refractivity contribution in [2.45, 2.75) is 13.3 Å². The number of benzene rings is 2. The van der Waals surface area contributed by atoms with E-state index in [4.69, 9.17) is 16.3 Å². The van der Waals surface area contributed by atoms with Gasteiger partial charge in [0.1, 0.15) is 5.75 Å². The van der Waals surface area contributed by atoms with Crippen LogP contribution in [0.5, 0.6) is 5.75 Å². The summed E-state index contributed by atoms with van der Waals surface area (Å²) in [5.74, 6) is -0.278. The zero-order valence-corrected chi connectivity index (χ0v) is 17.8. The first kappa shape index (κ1) is 19.8. The Kier molecular flexibility index (Phi) is 4.63. The average Bonchev–Trinajstić information content (AvgIpc) is 3.39. The van der Waals surface area contributed by atoms with Gasteiger partial charge in [-0.15, -0.1) is 0 Å². The lowest BCUT2D eigenvalue weighted by Gasteiger charge is -2.19. The summed E-state index contributed by atoms with van der Waals surface area (Å²) in [7, 11) is 1.51. The average molecular weight is 437 g/mol. The Morgan fingerprint density at radius 2 is 1.81 bits per heavy atom. The number of allylic oxidation sites excluding steroid dienone is 2. The Hall–Kier alpha value is -3.12. The molecule has 1 heterocycles. The van der Waals surface area contributed by atoms with Gasteiger partial charge in [-0.2, -0.15) is 0 Å². The largest absolute Gasteiger partial charge is 0.495 e. The minimum Gasteiger partial charge on any atom is -0.495 e. The molecule has 6 nitrogen and oxygen atoms in total. The number of nitrogens with zero attached hydrogens (tertiary/aromatic N) is 1. The molecule has 0 radical (unpaired) electrons. The summed E-state index contributed by atoms with van der Waals surface area (Å²) < 4.78 is 5.25. The molecular formula is C24H21ClN2O4. The molecule has 1 saturated heterocycles. The van der Waals surface area contributed by atoms with Crippen LogP contribution in [0.3, 0.4) is 0 Å². The molecule has 2 aliphatic carbocycles. The van der Waals surface area contributed by atoms with Crippen molar-refractivity contribution in [2.75, 3.05) is 17.3 Å². The highest BCUT2D eigenvalue weighted by Crippen LogP contribution is 2.55. The Morgan fingerprint density at radius 3 is 2.52 bits per heavy atom. The van der Waals surface area contributed by atoms with Crippen LogP contribution in [0, 0.1) is 23.7 Å². The van der Waals surface area contributed by atoms with Crippen molar-refractivity contribution in [3.63, 3.8) is 0 Å². The third-order valence-electron chi connectivity index (χ3n) is 6.68. The fraction of sp³-hybridized carbons (Fsp3) is 0.292. The second-order valence-electron chi connectivity index (χ2n) is 8.33. The van der Waals surface area contributed by atoms with Gasteiger partial charge in [0.2, 0.25) is 11.8 Å². The van der Waals surface area contributed by atoms with E-state index in [9.17, 15) is 14.4 Å². The van der Waals surface area contributed by atoms with Crippen molar-refractivity contribution in [1.29, 1.82) is 0 Å². The quantitative estimate of drug-likeness (QED) is 0.572. The number of anilines is 2. The Bertz CT molecular complexity index is 1140. The second-order valence-corrected chi connectivity index (χ2v) is 8.76. The van der Waals surface area contributed by atoms with Crippen LogP contribution >= 0.6 is 11.6 Å². The van der Waals surface area contributed by atoms with Crippen LogP contribution in [0.4, 0.5) is 11.4 Å². The van der Waals surface area contributed by atoms with E-state index in [1.807, 2.05) is 6.92 Å². The fourth-order valence-electron chi connectivity index (χ4n) is 5.26. The second kappa shape index (κ2) is 7.24. The van der Waals surface area contributed by atoms with Gasteiger partial charge in [-0.05, 0) is 67.6 Å². The monoisotopic (exact) mass is 436 g/mol. The maximum atomic E-state index is 13.1. The highest BCUT2D eigenvalue weighted by Gasteiger charge is 2.60. The molecule has 3 aliphatic rings. The SMILES string of the molecule is COc1ccc(Cl)cc1NC(=O)c1ccc(N2C(=O)[C@@H]3[C@@H](C2=O)[C@H]2C=C(C)[C@H]3C2)cc1. The summed E-state index contributed by atoms with van der Waals surface area (Å²) >= 11 is 6.02. The molecule has 7 heteroatoms. The first-order valence-corrected chi connectivity index (χ1v) is 10.6. The standard InChI is InChI=1S/C24H21ClN2O4/c1-12-9-14-10-17(12)21-20(14)23(29)27(24(21)30)16-6-3-13(4-7-16)22(28)26-18-11-15(25)5-8-19(18)31-2/h3-9,11,14,17,20-21H,10H2,1-2H3,(H,26,28)/t14-,17+,20-,21-/m0/s1. The van der Waals surface area contributed by atoms with E-state index >= 15 is 0 Å². The number of carbonyl (C=O) groups is 3. The molecule has 2 fully saturated rings. The van der Waals surface area contributed by atoms with Crippen LogP contribution in [0.25, 0.3) is 0 Å². The highest BCUT2D eigenvalue weighted by atomic mass is 35.5. The summed E-state index contributed by atoms with van der Waals surface area (Å²) in [6.45, 7) is 2.05. The van der Waals surface area contributed by atoms with E-state index in [1.165, 1.54) is 17.6 Å². The van der Waals surface area contributed by atoms with Crippen molar-refractivity contribution in [3.8, 4) is 5.75 Å². The van der Waals surface area contributed by atoms with Crippen molar-refractivity contribution >= 4 is 40.7 Å². The lowest BCUT2D eigenvalue weighted by molar-refractivity contribution is -0.123. The normalized spacial score (nSPS) is 26.2. The topological polar surface area (TPSA) is 75.7 Å². The zero-order chi connectivity index (χ0) is 21.9. The molecule has 1 aliphatic heterocycles. The van der Waals surface area contributed by atoms with Crippen LogP contribution in [-0.2, 0) is 9.59 Å². The van der Waals surface area contributed by atoms with Crippen LogP contribution in [0.1, 0.15) is 23.7 Å². The van der Waals surface area contributed by atoms with Gasteiger partial charge in [0.15, 0.2) is 0 Å². The van der Waals surface area contributed by atoms with E-state index in [2.05, 4.69) is 11.4 Å². The Labute approximate surface area is 184 Å². The van der Waals surface area contributed by atoms with Gasteiger partial charge in [-0.25, -0.2) is 0 Å². The molecular weight excluding hydrogens is 416 g/mol. The number of fused-ring (bicyclic) bond motifs is 5. The van der Waals surface area contributed by atoms with Gasteiger partial charge in [0.05, 0.1) is 30.3 Å². The van der Waals surface area contributed by atoms with Crippen LogP contribution < -0.4 is 15.0 Å². The lowest BCUT2D eigenvalue weighted by atomic mass is 9.82. The summed E-state index contributed by atoms with van der Waals surface area (Å²) in [4.78, 5) is 40.1. The molecule has 2 bridgehead atoms. The third kappa shape index (κ3) is 3.05. The zero-order valence-electron chi connectivity index (χ0n) is 17.1. The van der Waals surface area contributed by atoms with Crippen molar-refractivity contribution in [3.05, 3.63) is 64.7 Å². The maximum Gasteiger partial charge on any atom is 0.255 e. The summed E-state index contributed by atoms with van der Waals surface area (Å²) in [6, 6.07) is 11.5. The number of hydrogen-bond acceptors (Lipinski definition) is 4. The molecule has 4 atom stereocenters. The van der Waals surface area contributed by atoms with Crippen LogP contribution in [0.15, 0.2) is 54.1 Å². The Balaban J connectivity index is 1.35.